The van der Waals surface area contributed by atoms with Crippen molar-refractivity contribution in [3.05, 3.63) is 24.0 Å². The van der Waals surface area contributed by atoms with E-state index in [1.807, 2.05) is 6.07 Å². The summed E-state index contributed by atoms with van der Waals surface area (Å²) in [5.41, 5.74) is 1.04. The van der Waals surface area contributed by atoms with Crippen molar-refractivity contribution in [1.82, 2.24) is 9.88 Å². The molecule has 1 aromatic heterocycles. The molecule has 2 unspecified atom stereocenters. The molecule has 1 aliphatic heterocycles. The van der Waals surface area contributed by atoms with E-state index in [0.29, 0.717) is 0 Å². The average Bonchev–Trinajstić information content (AvgIpc) is 2.27. The molecule has 0 bridgehead atoms. The molecular formula is C13H20N2O. The van der Waals surface area contributed by atoms with Gasteiger partial charge in [0.15, 0.2) is 0 Å². The fourth-order valence-electron chi connectivity index (χ4n) is 2.23. The number of pyridine rings is 1. The molecule has 1 aromatic rings. The van der Waals surface area contributed by atoms with Crippen molar-refractivity contribution >= 4 is 0 Å². The van der Waals surface area contributed by atoms with Crippen LogP contribution in [0.25, 0.3) is 0 Å². The third-order valence-corrected chi connectivity index (χ3v) is 3.61. The molecule has 1 fully saturated rings. The third-order valence-electron chi connectivity index (χ3n) is 3.61. The number of aromatic hydroxyl groups is 1. The number of aromatic nitrogens is 1. The van der Waals surface area contributed by atoms with Gasteiger partial charge < -0.3 is 5.11 Å². The average molecular weight is 220 g/mol. The number of likely N-dealkylation sites (tertiary alicyclic amines) is 1. The molecule has 3 nitrogen and oxygen atoms in total. The van der Waals surface area contributed by atoms with Crippen molar-refractivity contribution < 1.29 is 5.11 Å². The zero-order chi connectivity index (χ0) is 11.5. The molecule has 0 spiro atoms. The van der Waals surface area contributed by atoms with Gasteiger partial charge in [-0.05, 0) is 36.9 Å². The normalized spacial score (nSPS) is 26.9. The topological polar surface area (TPSA) is 36.4 Å². The summed E-state index contributed by atoms with van der Waals surface area (Å²) in [4.78, 5) is 6.67. The Balaban J connectivity index is 1.93. The van der Waals surface area contributed by atoms with Gasteiger partial charge in [0.05, 0.1) is 11.9 Å². The summed E-state index contributed by atoms with van der Waals surface area (Å²) < 4.78 is 0. The molecule has 3 heteroatoms. The van der Waals surface area contributed by atoms with E-state index < -0.39 is 0 Å². The Morgan fingerprint density at radius 3 is 2.81 bits per heavy atom. The van der Waals surface area contributed by atoms with Gasteiger partial charge in [-0.1, -0.05) is 13.8 Å². The first-order chi connectivity index (χ1) is 7.65. The molecule has 16 heavy (non-hydrogen) atoms. The van der Waals surface area contributed by atoms with Crippen molar-refractivity contribution in [3.63, 3.8) is 0 Å². The summed E-state index contributed by atoms with van der Waals surface area (Å²) >= 11 is 0. The molecule has 0 amide bonds. The van der Waals surface area contributed by atoms with E-state index >= 15 is 0 Å². The van der Waals surface area contributed by atoms with Crippen LogP contribution in [0, 0.1) is 11.8 Å². The molecule has 2 rings (SSSR count). The Labute approximate surface area is 97.1 Å². The van der Waals surface area contributed by atoms with E-state index in [1.54, 1.807) is 6.07 Å². The Morgan fingerprint density at radius 2 is 2.19 bits per heavy atom. The Morgan fingerprint density at radius 1 is 1.38 bits per heavy atom. The Hall–Kier alpha value is -1.09. The molecule has 88 valence electrons. The van der Waals surface area contributed by atoms with Gasteiger partial charge in [-0.15, -0.1) is 0 Å². The number of hydrogen-bond donors (Lipinski definition) is 1. The van der Waals surface area contributed by atoms with Crippen LogP contribution in [-0.2, 0) is 6.54 Å². The van der Waals surface area contributed by atoms with Gasteiger partial charge in [-0.25, -0.2) is 0 Å². The quantitative estimate of drug-likeness (QED) is 0.830. The highest BCUT2D eigenvalue weighted by molar-refractivity contribution is 5.17. The van der Waals surface area contributed by atoms with Crippen molar-refractivity contribution in [2.75, 3.05) is 13.1 Å². The van der Waals surface area contributed by atoms with Crippen molar-refractivity contribution in [3.8, 4) is 5.75 Å². The van der Waals surface area contributed by atoms with Gasteiger partial charge in [-0.3, -0.25) is 9.88 Å². The molecular weight excluding hydrogens is 200 g/mol. The molecule has 1 N–H and O–H groups in total. The maximum atomic E-state index is 9.16. The minimum Gasteiger partial charge on any atom is -0.506 e. The van der Waals surface area contributed by atoms with E-state index in [-0.39, 0.29) is 5.75 Å². The van der Waals surface area contributed by atoms with Crippen molar-refractivity contribution in [2.45, 2.75) is 26.8 Å². The van der Waals surface area contributed by atoms with Crippen LogP contribution in [0.3, 0.4) is 0 Å². The molecule has 0 aliphatic carbocycles. The number of nitrogens with zero attached hydrogens (tertiary/aromatic N) is 2. The van der Waals surface area contributed by atoms with E-state index in [1.165, 1.54) is 12.6 Å². The van der Waals surface area contributed by atoms with Crippen LogP contribution in [0.5, 0.6) is 5.75 Å². The molecule has 1 saturated heterocycles. The van der Waals surface area contributed by atoms with E-state index in [2.05, 4.69) is 23.7 Å². The second-order valence-electron chi connectivity index (χ2n) is 4.99. The third kappa shape index (κ3) is 2.73. The first kappa shape index (κ1) is 11.4. The smallest absolute Gasteiger partial charge is 0.133 e. The largest absolute Gasteiger partial charge is 0.506 e. The van der Waals surface area contributed by atoms with Gasteiger partial charge in [-0.2, -0.15) is 0 Å². The van der Waals surface area contributed by atoms with Gasteiger partial charge in [0.2, 0.25) is 0 Å². The van der Waals surface area contributed by atoms with Gasteiger partial charge >= 0.3 is 0 Å². The number of rotatable bonds is 2. The van der Waals surface area contributed by atoms with Crippen LogP contribution in [0.1, 0.15) is 26.0 Å². The van der Waals surface area contributed by atoms with E-state index in [0.717, 1.165) is 37.2 Å². The molecule has 0 radical (unpaired) electrons. The highest BCUT2D eigenvalue weighted by Gasteiger charge is 2.22. The maximum Gasteiger partial charge on any atom is 0.133 e. The summed E-state index contributed by atoms with van der Waals surface area (Å²) in [7, 11) is 0. The molecule has 2 atom stereocenters. The van der Waals surface area contributed by atoms with Crippen molar-refractivity contribution in [2.24, 2.45) is 11.8 Å². The lowest BCUT2D eigenvalue weighted by atomic mass is 9.89. The van der Waals surface area contributed by atoms with Gasteiger partial charge in [0.1, 0.15) is 5.75 Å². The summed E-state index contributed by atoms with van der Waals surface area (Å²) in [6.45, 7) is 7.87. The zero-order valence-electron chi connectivity index (χ0n) is 10.1. The van der Waals surface area contributed by atoms with Crippen LogP contribution in [0.4, 0.5) is 0 Å². The van der Waals surface area contributed by atoms with E-state index in [9.17, 15) is 0 Å². The molecule has 2 heterocycles. The fourth-order valence-corrected chi connectivity index (χ4v) is 2.23. The lowest BCUT2D eigenvalue weighted by Crippen LogP contribution is -2.37. The van der Waals surface area contributed by atoms with Crippen LogP contribution < -0.4 is 0 Å². The second kappa shape index (κ2) is 4.83. The van der Waals surface area contributed by atoms with Crippen LogP contribution in [0.2, 0.25) is 0 Å². The predicted octanol–water partition coefficient (Wildman–Crippen LogP) is 2.27. The molecule has 0 saturated carbocycles. The fraction of sp³-hybridized carbons (Fsp3) is 0.615. The second-order valence-corrected chi connectivity index (χ2v) is 4.99. The number of hydrogen-bond acceptors (Lipinski definition) is 3. The monoisotopic (exact) mass is 220 g/mol. The predicted molar refractivity (Wildman–Crippen MR) is 64.1 cm³/mol. The summed E-state index contributed by atoms with van der Waals surface area (Å²) in [6.07, 6.45) is 2.80. The van der Waals surface area contributed by atoms with Crippen LogP contribution in [0.15, 0.2) is 18.3 Å². The minimum absolute atomic E-state index is 0.240. The van der Waals surface area contributed by atoms with Crippen molar-refractivity contribution in [1.29, 1.82) is 0 Å². The summed E-state index contributed by atoms with van der Waals surface area (Å²) in [5, 5.41) is 9.16. The minimum atomic E-state index is 0.240. The maximum absolute atomic E-state index is 9.16. The lowest BCUT2D eigenvalue weighted by molar-refractivity contribution is 0.131. The standard InChI is InChI=1S/C13H20N2O/c1-10-5-6-15(8-11(10)2)9-12-3-4-13(16)7-14-12/h3-4,7,10-11,16H,5-6,8-9H2,1-2H3. The highest BCUT2D eigenvalue weighted by atomic mass is 16.3. The van der Waals surface area contributed by atoms with Gasteiger partial charge in [0, 0.05) is 13.1 Å². The number of piperidine rings is 1. The zero-order valence-corrected chi connectivity index (χ0v) is 10.1. The Bertz CT molecular complexity index is 336. The van der Waals surface area contributed by atoms with E-state index in [4.69, 9.17) is 5.11 Å². The summed E-state index contributed by atoms with van der Waals surface area (Å²) in [6, 6.07) is 3.61. The lowest BCUT2D eigenvalue weighted by Gasteiger charge is -2.35. The first-order valence-corrected chi connectivity index (χ1v) is 6.01. The SMILES string of the molecule is CC1CCN(Cc2ccc(O)cn2)CC1C. The molecule has 0 aromatic carbocycles. The van der Waals surface area contributed by atoms with Gasteiger partial charge in [0.25, 0.3) is 0 Å². The Kier molecular flexibility index (Phi) is 3.44. The van der Waals surface area contributed by atoms with Crippen LogP contribution in [-0.4, -0.2) is 28.1 Å². The first-order valence-electron chi connectivity index (χ1n) is 6.01. The highest BCUT2D eigenvalue weighted by Crippen LogP contribution is 2.23. The summed E-state index contributed by atoms with van der Waals surface area (Å²) in [5.74, 6) is 1.85. The van der Waals surface area contributed by atoms with Crippen LogP contribution >= 0.6 is 0 Å². The molecule has 1 aliphatic rings.